The molecular weight excluding hydrogens is 1080 g/mol. The number of likely N-dealkylation sites (tertiary alicyclic amines) is 2. The van der Waals surface area contributed by atoms with Crippen LogP contribution in [0.15, 0.2) is 146 Å². The van der Waals surface area contributed by atoms with Crippen LogP contribution in [-0.4, -0.2) is 132 Å². The Morgan fingerprint density at radius 2 is 0.942 bits per heavy atom. The van der Waals surface area contributed by atoms with Gasteiger partial charge in [-0.2, -0.15) is 0 Å². The third-order valence-corrected chi connectivity index (χ3v) is 17.5. The van der Waals surface area contributed by atoms with Crippen LogP contribution in [0.5, 0.6) is 0 Å². The third kappa shape index (κ3) is 10.7. The van der Waals surface area contributed by atoms with Crippen LogP contribution in [0.25, 0.3) is 67.2 Å². The number of hydrogen-bond donors (Lipinski definition) is 2. The highest BCUT2D eigenvalue weighted by atomic mass is 16.6. The van der Waals surface area contributed by atoms with E-state index in [0.717, 1.165) is 92.3 Å². The Bertz CT molecular complexity index is 4140. The fourth-order valence-electron chi connectivity index (χ4n) is 12.8. The van der Waals surface area contributed by atoms with Crippen molar-refractivity contribution < 1.29 is 28.7 Å². The third-order valence-electron chi connectivity index (χ3n) is 17.5. The summed E-state index contributed by atoms with van der Waals surface area (Å²) in [4.78, 5) is 77.6. The number of hydrazine groups is 1. The summed E-state index contributed by atoms with van der Waals surface area (Å²) in [5, 5.41) is 4.88. The zero-order valence-corrected chi connectivity index (χ0v) is 48.2. The quantitative estimate of drug-likeness (QED) is 0.117. The lowest BCUT2D eigenvalue weighted by molar-refractivity contribution is -0.0199. The van der Waals surface area contributed by atoms with Crippen molar-refractivity contribution in [3.8, 4) is 23.0 Å². The number of fused-ring (bicyclic) bond motifs is 6. The number of nitrogens with zero attached hydrogens (tertiary/aromatic N) is 12. The van der Waals surface area contributed by atoms with Crippen molar-refractivity contribution in [1.29, 1.82) is 0 Å². The largest absolute Gasteiger partial charge is 0.443 e. The molecule has 20 nitrogen and oxygen atoms in total. The molecule has 9 heterocycles. The standard InChI is InChI=1S/C41H39N7O5.C25H29N7O/c1-44-35-17-16-31(19-34(35)43-38(44)36-20-30-13-8-18-42-37(30)46(36)22-27-14-15-27)39(49)45-23-32-21-33(24-45)48(41(51)53-26-29-11-6-3-7-12-29)47(32)40(50)52-25-28-9-4-2-5-10-28;1-30-21-7-6-17(25(33)31-13-18(26)11-19(27)14-31)9-20(21)29-24(30)22-10-16-3-2-8-28-23(16)32(22)12-15-4-5-15/h2-13,16-20,27,32-33H,14-15,21-26H2,1H3;2-3,6-10,15,18-19H,4-5,11-14,26-27H2,1H3/t;18-,19+. The van der Waals surface area contributed by atoms with E-state index in [1.54, 1.807) is 9.80 Å². The Kier molecular flexibility index (Phi) is 14.3. The van der Waals surface area contributed by atoms with Crippen molar-refractivity contribution in [2.24, 2.45) is 37.4 Å². The number of carbonyl (C=O) groups excluding carboxylic acids is 4. The van der Waals surface area contributed by atoms with Crippen LogP contribution in [-0.2, 0) is 49.9 Å². The van der Waals surface area contributed by atoms with E-state index in [-0.39, 0.29) is 50.2 Å². The molecule has 4 aromatic carbocycles. The topological polar surface area (TPSA) is 223 Å². The van der Waals surface area contributed by atoms with E-state index in [1.165, 1.54) is 35.7 Å². The van der Waals surface area contributed by atoms with Crippen molar-refractivity contribution in [2.45, 2.75) is 89.0 Å². The number of carbonyl (C=O) groups is 4. The number of hydrogen-bond acceptors (Lipinski definition) is 12. The fraction of sp³-hybridized carbons (Fsp3) is 0.333. The van der Waals surface area contributed by atoms with Gasteiger partial charge in [0.2, 0.25) is 0 Å². The summed E-state index contributed by atoms with van der Waals surface area (Å²) in [5.41, 5.74) is 22.4. The van der Waals surface area contributed by atoms with Gasteiger partial charge in [0.1, 0.15) is 24.5 Å². The number of nitrogens with two attached hydrogens (primary N) is 2. The maximum Gasteiger partial charge on any atom is 0.429 e. The zero-order valence-electron chi connectivity index (χ0n) is 48.2. The molecule has 4 amide bonds. The van der Waals surface area contributed by atoms with Crippen molar-refractivity contribution in [1.82, 2.24) is 58.0 Å². The molecule has 4 N–H and O–H groups in total. The fourth-order valence-corrected chi connectivity index (χ4v) is 12.8. The lowest BCUT2D eigenvalue weighted by atomic mass is 10.0. The minimum atomic E-state index is -0.663. The number of ether oxygens (including phenoxy) is 2. The van der Waals surface area contributed by atoms with Gasteiger partial charge >= 0.3 is 12.2 Å². The number of benzene rings is 4. The molecule has 3 aliphatic heterocycles. The van der Waals surface area contributed by atoms with Gasteiger partial charge < -0.3 is 49.0 Å². The molecule has 438 valence electrons. The van der Waals surface area contributed by atoms with Crippen molar-refractivity contribution >= 4 is 68.1 Å². The van der Waals surface area contributed by atoms with Crippen LogP contribution in [0.1, 0.15) is 70.4 Å². The van der Waals surface area contributed by atoms with Crippen LogP contribution in [0, 0.1) is 11.8 Å². The molecule has 0 radical (unpaired) electrons. The smallest absolute Gasteiger partial charge is 0.429 e. The van der Waals surface area contributed by atoms with Gasteiger partial charge in [-0.05, 0) is 134 Å². The highest BCUT2D eigenvalue weighted by Gasteiger charge is 2.52. The summed E-state index contributed by atoms with van der Waals surface area (Å²) in [5.74, 6) is 2.82. The number of aryl methyl sites for hydroxylation is 2. The Morgan fingerprint density at radius 1 is 0.512 bits per heavy atom. The van der Waals surface area contributed by atoms with E-state index in [1.807, 2.05) is 136 Å². The molecule has 0 spiro atoms. The number of imidazole rings is 2. The molecule has 2 saturated carbocycles. The van der Waals surface area contributed by atoms with Gasteiger partial charge in [0.25, 0.3) is 11.8 Å². The van der Waals surface area contributed by atoms with Gasteiger partial charge in [-0.25, -0.2) is 39.5 Å². The normalized spacial score (nSPS) is 19.3. The van der Waals surface area contributed by atoms with Crippen molar-refractivity contribution in [2.75, 3.05) is 26.2 Å². The molecule has 20 heteroatoms. The van der Waals surface area contributed by atoms with E-state index < -0.39 is 24.3 Å². The minimum Gasteiger partial charge on any atom is -0.443 e. The minimum absolute atomic E-state index is 0.0400. The first kappa shape index (κ1) is 54.5. The van der Waals surface area contributed by atoms with Crippen LogP contribution in [0.2, 0.25) is 0 Å². The van der Waals surface area contributed by atoms with Crippen LogP contribution in [0.4, 0.5) is 9.59 Å². The lowest BCUT2D eigenvalue weighted by Crippen LogP contribution is -2.54. The van der Waals surface area contributed by atoms with E-state index in [2.05, 4.69) is 52.5 Å². The Hall–Kier alpha value is -9.40. The molecule has 2 bridgehead atoms. The van der Waals surface area contributed by atoms with Gasteiger partial charge in [0.15, 0.2) is 11.6 Å². The van der Waals surface area contributed by atoms with E-state index in [4.69, 9.17) is 30.9 Å². The molecule has 10 aromatic rings. The van der Waals surface area contributed by atoms with Gasteiger partial charge in [-0.1, -0.05) is 60.7 Å². The van der Waals surface area contributed by atoms with E-state index in [0.29, 0.717) is 48.0 Å². The Balaban J connectivity index is 0.000000169. The van der Waals surface area contributed by atoms with Crippen LogP contribution in [0.3, 0.4) is 0 Å². The number of piperidine rings is 2. The van der Waals surface area contributed by atoms with Crippen LogP contribution < -0.4 is 11.5 Å². The summed E-state index contributed by atoms with van der Waals surface area (Å²) < 4.78 is 20.2. The first-order chi connectivity index (χ1) is 41.9. The van der Waals surface area contributed by atoms with E-state index in [9.17, 15) is 19.2 Å². The van der Waals surface area contributed by atoms with Crippen molar-refractivity contribution in [3.63, 3.8) is 0 Å². The highest BCUT2D eigenvalue weighted by Crippen LogP contribution is 2.39. The maximum absolute atomic E-state index is 14.2. The molecule has 5 fully saturated rings. The summed E-state index contributed by atoms with van der Waals surface area (Å²) in [6.45, 7) is 3.49. The Labute approximate surface area is 496 Å². The number of amides is 4. The molecule has 15 rings (SSSR count). The molecule has 2 aliphatic carbocycles. The van der Waals surface area contributed by atoms with E-state index >= 15 is 0 Å². The second kappa shape index (κ2) is 22.5. The molecular formula is C66H68N14O6. The molecule has 3 saturated heterocycles. The van der Waals surface area contributed by atoms with Gasteiger partial charge in [-0.15, -0.1) is 0 Å². The van der Waals surface area contributed by atoms with Gasteiger partial charge in [-0.3, -0.25) is 9.59 Å². The molecule has 4 atom stereocenters. The number of aromatic nitrogens is 8. The molecule has 5 aliphatic rings. The summed E-state index contributed by atoms with van der Waals surface area (Å²) in [6, 6.07) is 41.4. The molecule has 6 aromatic heterocycles. The zero-order chi connectivity index (χ0) is 58.7. The highest BCUT2D eigenvalue weighted by molar-refractivity contribution is 5.99. The van der Waals surface area contributed by atoms with Gasteiger partial charge in [0.05, 0.1) is 45.5 Å². The lowest BCUT2D eigenvalue weighted by Gasteiger charge is -2.34. The number of rotatable bonds is 12. The SMILES string of the molecule is Cn1c(-c2cc3cccnc3n2CC2CC2)nc2cc(C(=O)N3CC4CC(C3)N(C(=O)OCc3ccccc3)N4C(=O)OCc3ccccc3)ccc21.Cn1c(-c2cc3cccnc3n2CC2CC2)nc2cc(C(=O)N3C[C@H](N)C[C@H](N)C3)ccc21. The second-order valence-electron chi connectivity index (χ2n) is 23.9. The average molecular weight is 1150 g/mol. The number of pyridine rings is 2. The van der Waals surface area contributed by atoms with Crippen molar-refractivity contribution in [3.05, 3.63) is 168 Å². The monoisotopic (exact) mass is 1150 g/mol. The maximum atomic E-state index is 14.2. The average Bonchev–Trinajstić information content (AvgIpc) is 3.03. The Morgan fingerprint density at radius 3 is 1.37 bits per heavy atom. The summed E-state index contributed by atoms with van der Waals surface area (Å²) in [6.07, 6.45) is 8.57. The summed E-state index contributed by atoms with van der Waals surface area (Å²) in [7, 11) is 4.03. The first-order valence-corrected chi connectivity index (χ1v) is 29.8. The second-order valence-corrected chi connectivity index (χ2v) is 23.9. The first-order valence-electron chi connectivity index (χ1n) is 29.8. The molecule has 2 unspecified atom stereocenters. The molecule has 86 heavy (non-hydrogen) atoms. The summed E-state index contributed by atoms with van der Waals surface area (Å²) >= 11 is 0. The predicted molar refractivity (Wildman–Crippen MR) is 326 cm³/mol. The van der Waals surface area contributed by atoms with Crippen LogP contribution >= 0.6 is 0 Å². The predicted octanol–water partition coefficient (Wildman–Crippen LogP) is 9.29. The van der Waals surface area contributed by atoms with Gasteiger partial charge in [0, 0.05) is 99.7 Å².